The molecule has 1 aromatic carbocycles. The predicted octanol–water partition coefficient (Wildman–Crippen LogP) is 5.40. The highest BCUT2D eigenvalue weighted by molar-refractivity contribution is 5.77. The number of aliphatic hydroxyl groups excluding tert-OH is 1. The second kappa shape index (κ2) is 8.36. The molecule has 1 aliphatic carbocycles. The summed E-state index contributed by atoms with van der Waals surface area (Å²) in [5.74, 6) is 0.681. The van der Waals surface area contributed by atoms with Gasteiger partial charge in [-0.1, -0.05) is 30.6 Å². The summed E-state index contributed by atoms with van der Waals surface area (Å²) in [5.41, 5.74) is 4.12. The molecule has 1 unspecified atom stereocenters. The third kappa shape index (κ3) is 4.56. The predicted molar refractivity (Wildman–Crippen MR) is 113 cm³/mol. The fourth-order valence-electron chi connectivity index (χ4n) is 3.99. The molecule has 3 rings (SSSR count). The van der Waals surface area contributed by atoms with Crippen LogP contribution in [0.4, 0.5) is 0 Å². The van der Waals surface area contributed by atoms with Crippen molar-refractivity contribution >= 4 is 11.0 Å². The molecule has 150 valence electrons. The quantitative estimate of drug-likeness (QED) is 0.537. The molecule has 1 aromatic heterocycles. The Morgan fingerprint density at radius 1 is 1.32 bits per heavy atom. The monoisotopic (exact) mass is 382 g/mol. The Morgan fingerprint density at radius 3 is 2.86 bits per heavy atom. The van der Waals surface area contributed by atoms with Gasteiger partial charge in [0.15, 0.2) is 0 Å². The lowest BCUT2D eigenvalue weighted by Crippen LogP contribution is -2.35. The van der Waals surface area contributed by atoms with Gasteiger partial charge in [-0.05, 0) is 63.8 Å². The zero-order chi connectivity index (χ0) is 20.3. The first-order valence-corrected chi connectivity index (χ1v) is 9.97. The molecule has 4 nitrogen and oxygen atoms in total. The van der Waals surface area contributed by atoms with Crippen LogP contribution in [0.15, 0.2) is 62.3 Å². The largest absolute Gasteiger partial charge is 0.489 e. The minimum atomic E-state index is -0.360. The normalized spacial score (nSPS) is 19.9. The van der Waals surface area contributed by atoms with Gasteiger partial charge in [0.1, 0.15) is 17.9 Å². The van der Waals surface area contributed by atoms with E-state index in [4.69, 9.17) is 9.15 Å². The van der Waals surface area contributed by atoms with Crippen molar-refractivity contribution < 1.29 is 14.3 Å². The summed E-state index contributed by atoms with van der Waals surface area (Å²) < 4.78 is 11.0. The average molecular weight is 383 g/mol. The number of benzene rings is 1. The van der Waals surface area contributed by atoms with Crippen molar-refractivity contribution in [3.05, 3.63) is 63.5 Å². The summed E-state index contributed by atoms with van der Waals surface area (Å²) in [4.78, 5) is 11.4. The molecule has 1 heterocycles. The molecule has 2 aromatic rings. The van der Waals surface area contributed by atoms with Crippen LogP contribution < -0.4 is 10.4 Å². The number of ether oxygens (including phenoxy) is 1. The first-order valence-electron chi connectivity index (χ1n) is 9.97. The number of allylic oxidation sites excluding steroid dienone is 2. The van der Waals surface area contributed by atoms with Gasteiger partial charge in [0.2, 0.25) is 0 Å². The third-order valence-corrected chi connectivity index (χ3v) is 5.96. The van der Waals surface area contributed by atoms with Gasteiger partial charge in [0.25, 0.3) is 0 Å². The standard InChI is InChI=1S/C24H30O4/c1-16(5-10-20-17(2)6-11-22(25)24(20,3)4)13-14-27-19-9-7-18-8-12-23(26)28-21(18)15-19/h7-9,12-13,15,22,25H,5-6,10-11,14H2,1-4H3/b16-13-. The highest BCUT2D eigenvalue weighted by Gasteiger charge is 2.35. The molecule has 0 saturated carbocycles. The molecule has 1 N–H and O–H groups in total. The maximum atomic E-state index is 11.4. The molecule has 1 atom stereocenters. The SMILES string of the molecule is CC1=C(CC/C(C)=C\COc2ccc3ccc(=O)oc3c2)C(C)(C)C(O)CC1. The molecule has 0 saturated heterocycles. The summed E-state index contributed by atoms with van der Waals surface area (Å²) in [5, 5.41) is 11.2. The smallest absolute Gasteiger partial charge is 0.336 e. The Bertz CT molecular complexity index is 962. The Labute approximate surface area is 166 Å². The third-order valence-electron chi connectivity index (χ3n) is 5.96. The van der Waals surface area contributed by atoms with Crippen LogP contribution in [0.5, 0.6) is 5.75 Å². The second-order valence-electron chi connectivity index (χ2n) is 8.35. The van der Waals surface area contributed by atoms with E-state index in [1.165, 1.54) is 22.8 Å². The van der Waals surface area contributed by atoms with Crippen molar-refractivity contribution in [3.63, 3.8) is 0 Å². The Balaban J connectivity index is 1.58. The summed E-state index contributed by atoms with van der Waals surface area (Å²) in [6.45, 7) is 9.08. The maximum absolute atomic E-state index is 11.4. The van der Waals surface area contributed by atoms with E-state index in [-0.39, 0.29) is 17.1 Å². The van der Waals surface area contributed by atoms with Crippen LogP contribution >= 0.6 is 0 Å². The molecule has 0 aliphatic heterocycles. The Morgan fingerprint density at radius 2 is 2.07 bits per heavy atom. The average Bonchev–Trinajstić information content (AvgIpc) is 2.64. The lowest BCUT2D eigenvalue weighted by atomic mass is 9.69. The van der Waals surface area contributed by atoms with Crippen molar-refractivity contribution in [2.24, 2.45) is 5.41 Å². The van der Waals surface area contributed by atoms with E-state index in [1.807, 2.05) is 12.1 Å². The number of hydrogen-bond donors (Lipinski definition) is 1. The summed E-state index contributed by atoms with van der Waals surface area (Å²) in [7, 11) is 0. The van der Waals surface area contributed by atoms with Gasteiger partial charge in [-0.2, -0.15) is 0 Å². The summed E-state index contributed by atoms with van der Waals surface area (Å²) in [6.07, 6.45) is 5.61. The van der Waals surface area contributed by atoms with Gasteiger partial charge < -0.3 is 14.3 Å². The van der Waals surface area contributed by atoms with Gasteiger partial charge in [0, 0.05) is 22.9 Å². The fourth-order valence-corrected chi connectivity index (χ4v) is 3.99. The molecule has 0 amide bonds. The first kappa shape index (κ1) is 20.4. The molecule has 1 aliphatic rings. The molecule has 0 fully saturated rings. The van der Waals surface area contributed by atoms with Gasteiger partial charge in [-0.15, -0.1) is 0 Å². The molecular weight excluding hydrogens is 352 g/mol. The maximum Gasteiger partial charge on any atom is 0.336 e. The van der Waals surface area contributed by atoms with Crippen LogP contribution in [-0.2, 0) is 0 Å². The number of hydrogen-bond acceptors (Lipinski definition) is 4. The number of aliphatic hydroxyl groups is 1. The van der Waals surface area contributed by atoms with Gasteiger partial charge in [-0.3, -0.25) is 0 Å². The topological polar surface area (TPSA) is 59.7 Å². The van der Waals surface area contributed by atoms with Crippen molar-refractivity contribution in [3.8, 4) is 5.75 Å². The number of rotatable bonds is 6. The van der Waals surface area contributed by atoms with Crippen LogP contribution in [0.3, 0.4) is 0 Å². The molecule has 28 heavy (non-hydrogen) atoms. The zero-order valence-corrected chi connectivity index (χ0v) is 17.2. The molecule has 0 radical (unpaired) electrons. The van der Waals surface area contributed by atoms with Crippen LogP contribution in [0.2, 0.25) is 0 Å². The molecule has 4 heteroatoms. The van der Waals surface area contributed by atoms with E-state index in [0.717, 1.165) is 31.1 Å². The van der Waals surface area contributed by atoms with Crippen molar-refractivity contribution in [2.45, 2.75) is 59.5 Å². The number of fused-ring (bicyclic) bond motifs is 1. The highest BCUT2D eigenvalue weighted by atomic mass is 16.5. The van der Waals surface area contributed by atoms with E-state index < -0.39 is 0 Å². The van der Waals surface area contributed by atoms with E-state index in [0.29, 0.717) is 17.9 Å². The highest BCUT2D eigenvalue weighted by Crippen LogP contribution is 2.42. The zero-order valence-electron chi connectivity index (χ0n) is 17.2. The van der Waals surface area contributed by atoms with Crippen molar-refractivity contribution in [2.75, 3.05) is 6.61 Å². The lowest BCUT2D eigenvalue weighted by molar-refractivity contribution is 0.0558. The van der Waals surface area contributed by atoms with E-state index >= 15 is 0 Å². The minimum Gasteiger partial charge on any atom is -0.489 e. The van der Waals surface area contributed by atoms with Gasteiger partial charge >= 0.3 is 5.63 Å². The minimum absolute atomic E-state index is 0.145. The first-order chi connectivity index (χ1) is 13.3. The van der Waals surface area contributed by atoms with Crippen molar-refractivity contribution in [1.29, 1.82) is 0 Å². The molecular formula is C24H30O4. The van der Waals surface area contributed by atoms with Crippen molar-refractivity contribution in [1.82, 2.24) is 0 Å². The second-order valence-corrected chi connectivity index (χ2v) is 8.35. The summed E-state index contributed by atoms with van der Waals surface area (Å²) >= 11 is 0. The van der Waals surface area contributed by atoms with Gasteiger partial charge in [0.05, 0.1) is 6.10 Å². The van der Waals surface area contributed by atoms with Crippen LogP contribution in [-0.4, -0.2) is 17.8 Å². The van der Waals surface area contributed by atoms with Crippen LogP contribution in [0.25, 0.3) is 11.0 Å². The van der Waals surface area contributed by atoms with Crippen LogP contribution in [0, 0.1) is 5.41 Å². The Kier molecular flexibility index (Phi) is 6.09. The molecule has 0 spiro atoms. The summed E-state index contributed by atoms with van der Waals surface area (Å²) in [6, 6.07) is 8.68. The van der Waals surface area contributed by atoms with Crippen LogP contribution in [0.1, 0.15) is 53.4 Å². The van der Waals surface area contributed by atoms with E-state index in [1.54, 1.807) is 12.1 Å². The van der Waals surface area contributed by atoms with E-state index in [9.17, 15) is 9.90 Å². The Hall–Kier alpha value is -2.33. The fraction of sp³-hybridized carbons (Fsp3) is 0.458. The van der Waals surface area contributed by atoms with E-state index in [2.05, 4.69) is 33.8 Å². The van der Waals surface area contributed by atoms with Gasteiger partial charge in [-0.25, -0.2) is 4.79 Å². The molecule has 0 bridgehead atoms. The lowest BCUT2D eigenvalue weighted by Gasteiger charge is -2.39.